The van der Waals surface area contributed by atoms with E-state index in [1.54, 1.807) is 25.3 Å². The van der Waals surface area contributed by atoms with E-state index in [0.29, 0.717) is 29.7 Å². The summed E-state index contributed by atoms with van der Waals surface area (Å²) < 4.78 is 11.2. The molecule has 0 saturated heterocycles. The van der Waals surface area contributed by atoms with E-state index in [1.165, 1.54) is 6.07 Å². The molecule has 8 nitrogen and oxygen atoms in total. The van der Waals surface area contributed by atoms with E-state index in [9.17, 15) is 14.9 Å². The Labute approximate surface area is 176 Å². The van der Waals surface area contributed by atoms with Gasteiger partial charge in [-0.15, -0.1) is 0 Å². The van der Waals surface area contributed by atoms with Crippen molar-refractivity contribution in [1.82, 2.24) is 5.32 Å². The van der Waals surface area contributed by atoms with Gasteiger partial charge >= 0.3 is 0 Å². The van der Waals surface area contributed by atoms with E-state index in [2.05, 4.69) is 24.5 Å². The van der Waals surface area contributed by atoms with E-state index < -0.39 is 4.92 Å². The summed E-state index contributed by atoms with van der Waals surface area (Å²) >= 11 is 0. The molecule has 2 aromatic carbocycles. The molecular formula is C22H29N3O5. The molecule has 2 N–H and O–H groups in total. The number of nitro benzene ring substituents is 1. The number of para-hydroxylation sites is 2. The minimum Gasteiger partial charge on any atom is -0.493 e. The van der Waals surface area contributed by atoms with E-state index in [1.807, 2.05) is 25.1 Å². The summed E-state index contributed by atoms with van der Waals surface area (Å²) in [4.78, 5) is 22.9. The number of ether oxygens (including phenoxy) is 2. The largest absolute Gasteiger partial charge is 0.493 e. The van der Waals surface area contributed by atoms with Crippen LogP contribution in [0.1, 0.15) is 38.8 Å². The minimum absolute atomic E-state index is 0.0156. The summed E-state index contributed by atoms with van der Waals surface area (Å²) in [6.07, 6.45) is 0.184. The first kappa shape index (κ1) is 23.0. The molecule has 1 unspecified atom stereocenters. The number of carbonyl (C=O) groups is 1. The Morgan fingerprint density at radius 2 is 1.87 bits per heavy atom. The van der Waals surface area contributed by atoms with Gasteiger partial charge in [-0.05, 0) is 36.6 Å². The third kappa shape index (κ3) is 6.65. The number of nitrogens with one attached hydrogen (secondary N) is 2. The number of carbonyl (C=O) groups excluding carboxylic acids is 1. The van der Waals surface area contributed by atoms with Crippen LogP contribution in [0.15, 0.2) is 42.5 Å². The highest BCUT2D eigenvalue weighted by atomic mass is 16.6. The lowest BCUT2D eigenvalue weighted by Crippen LogP contribution is -2.28. The molecule has 0 aliphatic carbocycles. The van der Waals surface area contributed by atoms with Gasteiger partial charge in [-0.1, -0.05) is 32.0 Å². The number of benzene rings is 2. The molecule has 0 saturated carbocycles. The predicted molar refractivity (Wildman–Crippen MR) is 116 cm³/mol. The van der Waals surface area contributed by atoms with Gasteiger partial charge in [0.05, 0.1) is 24.7 Å². The molecule has 8 heteroatoms. The van der Waals surface area contributed by atoms with Crippen molar-refractivity contribution >= 4 is 17.3 Å². The topological polar surface area (TPSA) is 103 Å². The Morgan fingerprint density at radius 1 is 1.13 bits per heavy atom. The normalized spacial score (nSPS) is 11.6. The second kappa shape index (κ2) is 11.0. The van der Waals surface area contributed by atoms with Crippen LogP contribution in [0.3, 0.4) is 0 Å². The zero-order valence-corrected chi connectivity index (χ0v) is 17.8. The first-order chi connectivity index (χ1) is 14.3. The molecule has 0 aliphatic heterocycles. The molecule has 0 aromatic heterocycles. The van der Waals surface area contributed by atoms with Crippen molar-refractivity contribution in [2.45, 2.75) is 33.2 Å². The lowest BCUT2D eigenvalue weighted by atomic mass is 10.1. The molecule has 2 rings (SSSR count). The Balaban J connectivity index is 1.90. The van der Waals surface area contributed by atoms with Crippen LogP contribution in [0.4, 0.5) is 11.4 Å². The number of amides is 1. The molecule has 0 bridgehead atoms. The number of methoxy groups -OCH3 is 1. The highest BCUT2D eigenvalue weighted by molar-refractivity contribution is 5.77. The van der Waals surface area contributed by atoms with Crippen LogP contribution < -0.4 is 20.1 Å². The average Bonchev–Trinajstić information content (AvgIpc) is 2.72. The molecule has 0 spiro atoms. The number of anilines is 1. The molecule has 0 radical (unpaired) electrons. The monoisotopic (exact) mass is 415 g/mol. The summed E-state index contributed by atoms with van der Waals surface area (Å²) in [5.74, 6) is 1.53. The maximum absolute atomic E-state index is 12.3. The fraction of sp³-hybridized carbons (Fsp3) is 0.409. The van der Waals surface area contributed by atoms with Crippen LogP contribution in [0.5, 0.6) is 11.5 Å². The Hall–Kier alpha value is -3.29. The van der Waals surface area contributed by atoms with E-state index in [0.717, 1.165) is 5.56 Å². The molecule has 0 fully saturated rings. The third-order valence-electron chi connectivity index (χ3n) is 4.41. The first-order valence-electron chi connectivity index (χ1n) is 9.89. The molecule has 1 amide bonds. The van der Waals surface area contributed by atoms with Crippen LogP contribution >= 0.6 is 0 Å². The molecular weight excluding hydrogens is 386 g/mol. The van der Waals surface area contributed by atoms with Crippen molar-refractivity contribution in [3.8, 4) is 11.5 Å². The number of nitro groups is 1. The number of rotatable bonds is 11. The van der Waals surface area contributed by atoms with Gasteiger partial charge in [0.2, 0.25) is 5.91 Å². The quantitative estimate of drug-likeness (QED) is 0.419. The third-order valence-corrected chi connectivity index (χ3v) is 4.41. The van der Waals surface area contributed by atoms with Gasteiger partial charge in [-0.3, -0.25) is 14.9 Å². The van der Waals surface area contributed by atoms with Gasteiger partial charge < -0.3 is 20.1 Å². The SMILES string of the molecule is COc1cc(C(C)NC(=O)CCNc2ccccc2[N+](=O)[O-])ccc1OCC(C)C. The standard InChI is InChI=1S/C22H29N3O5/c1-15(2)14-30-20-10-9-17(13-21(20)29-4)16(3)24-22(26)11-12-23-18-7-5-6-8-19(18)25(27)28/h5-10,13,15-16,23H,11-12,14H2,1-4H3,(H,24,26). The van der Waals surface area contributed by atoms with Crippen molar-refractivity contribution in [2.24, 2.45) is 5.92 Å². The second-order valence-electron chi connectivity index (χ2n) is 7.36. The van der Waals surface area contributed by atoms with Gasteiger partial charge in [0, 0.05) is 19.0 Å². The van der Waals surface area contributed by atoms with Gasteiger partial charge in [0.1, 0.15) is 5.69 Å². The van der Waals surface area contributed by atoms with Crippen molar-refractivity contribution in [3.05, 3.63) is 58.1 Å². The number of hydrogen-bond acceptors (Lipinski definition) is 6. The maximum Gasteiger partial charge on any atom is 0.292 e. The summed E-state index contributed by atoms with van der Waals surface area (Å²) in [5, 5.41) is 16.9. The zero-order chi connectivity index (χ0) is 22.1. The number of hydrogen-bond donors (Lipinski definition) is 2. The van der Waals surface area contributed by atoms with E-state index in [-0.39, 0.29) is 30.6 Å². The van der Waals surface area contributed by atoms with Gasteiger partial charge in [0.25, 0.3) is 5.69 Å². The second-order valence-corrected chi connectivity index (χ2v) is 7.36. The van der Waals surface area contributed by atoms with Gasteiger partial charge in [0.15, 0.2) is 11.5 Å². The molecule has 0 aliphatic rings. The number of nitrogens with zero attached hydrogens (tertiary/aromatic N) is 1. The highest BCUT2D eigenvalue weighted by Crippen LogP contribution is 2.30. The zero-order valence-electron chi connectivity index (χ0n) is 17.8. The van der Waals surface area contributed by atoms with Crippen molar-refractivity contribution in [2.75, 3.05) is 25.6 Å². The van der Waals surface area contributed by atoms with E-state index >= 15 is 0 Å². The van der Waals surface area contributed by atoms with Crippen LogP contribution in [0.2, 0.25) is 0 Å². The fourth-order valence-corrected chi connectivity index (χ4v) is 2.82. The van der Waals surface area contributed by atoms with Crippen molar-refractivity contribution in [3.63, 3.8) is 0 Å². The molecule has 2 aromatic rings. The summed E-state index contributed by atoms with van der Waals surface area (Å²) in [6, 6.07) is 11.7. The molecule has 1 atom stereocenters. The summed E-state index contributed by atoms with van der Waals surface area (Å²) in [6.45, 7) is 6.91. The predicted octanol–water partition coefficient (Wildman–Crippen LogP) is 4.32. The van der Waals surface area contributed by atoms with Crippen molar-refractivity contribution < 1.29 is 19.2 Å². The fourth-order valence-electron chi connectivity index (χ4n) is 2.82. The Morgan fingerprint density at radius 3 is 2.53 bits per heavy atom. The molecule has 162 valence electrons. The summed E-state index contributed by atoms with van der Waals surface area (Å²) in [5.41, 5.74) is 1.27. The highest BCUT2D eigenvalue weighted by Gasteiger charge is 2.15. The van der Waals surface area contributed by atoms with Gasteiger partial charge in [-0.25, -0.2) is 0 Å². The van der Waals surface area contributed by atoms with Crippen LogP contribution in [0, 0.1) is 16.0 Å². The van der Waals surface area contributed by atoms with Crippen LogP contribution in [0.25, 0.3) is 0 Å². The maximum atomic E-state index is 12.3. The van der Waals surface area contributed by atoms with Gasteiger partial charge in [-0.2, -0.15) is 0 Å². The average molecular weight is 415 g/mol. The van der Waals surface area contributed by atoms with E-state index in [4.69, 9.17) is 9.47 Å². The smallest absolute Gasteiger partial charge is 0.292 e. The molecule has 30 heavy (non-hydrogen) atoms. The molecule has 0 heterocycles. The van der Waals surface area contributed by atoms with Crippen LogP contribution in [-0.4, -0.2) is 31.1 Å². The Kier molecular flexibility index (Phi) is 8.46. The Bertz CT molecular complexity index is 870. The summed E-state index contributed by atoms with van der Waals surface area (Å²) in [7, 11) is 1.58. The first-order valence-corrected chi connectivity index (χ1v) is 9.89. The minimum atomic E-state index is -0.452. The lowest BCUT2D eigenvalue weighted by Gasteiger charge is -2.18. The lowest BCUT2D eigenvalue weighted by molar-refractivity contribution is -0.384. The van der Waals surface area contributed by atoms with Crippen LogP contribution in [-0.2, 0) is 4.79 Å². The van der Waals surface area contributed by atoms with Crippen molar-refractivity contribution in [1.29, 1.82) is 0 Å².